The highest BCUT2D eigenvalue weighted by Crippen LogP contribution is 2.34. The van der Waals surface area contributed by atoms with Gasteiger partial charge in [-0.1, -0.05) is 19.3 Å². The summed E-state index contributed by atoms with van der Waals surface area (Å²) in [6.07, 6.45) is 5.92. The van der Waals surface area contributed by atoms with Crippen molar-refractivity contribution in [3.05, 3.63) is 41.3 Å². The number of benzene rings is 1. The van der Waals surface area contributed by atoms with Crippen molar-refractivity contribution in [2.75, 3.05) is 7.11 Å². The van der Waals surface area contributed by atoms with E-state index in [9.17, 15) is 9.18 Å². The Bertz CT molecular complexity index is 733. The zero-order valence-corrected chi connectivity index (χ0v) is 14.2. The minimum absolute atomic E-state index is 0.114. The summed E-state index contributed by atoms with van der Waals surface area (Å²) in [6, 6.07) is 7.04. The van der Waals surface area contributed by atoms with Gasteiger partial charge < -0.3 is 4.74 Å². The molecule has 0 unspecified atom stereocenters. The fraction of sp³-hybridized carbons (Fsp3) is 0.474. The second-order valence-corrected chi connectivity index (χ2v) is 6.49. The Kier molecular flexibility index (Phi) is 4.97. The van der Waals surface area contributed by atoms with Crippen molar-refractivity contribution >= 4 is 5.97 Å². The summed E-state index contributed by atoms with van der Waals surface area (Å²) in [5.74, 6) is -0.108. The summed E-state index contributed by atoms with van der Waals surface area (Å²) in [6.45, 7) is 1.86. The van der Waals surface area contributed by atoms with Gasteiger partial charge in [0.25, 0.3) is 0 Å². The molecule has 0 amide bonds. The van der Waals surface area contributed by atoms with Gasteiger partial charge in [0.15, 0.2) is 0 Å². The SMILES string of the molecule is COC(=O)Cn1nc(-c2ccc(F)c(C)c2)cc1C1CCCCC1. The lowest BCUT2D eigenvalue weighted by molar-refractivity contribution is -0.141. The van der Waals surface area contributed by atoms with E-state index >= 15 is 0 Å². The second kappa shape index (κ2) is 7.16. The summed E-state index contributed by atoms with van der Waals surface area (Å²) in [4.78, 5) is 11.7. The first-order valence-electron chi connectivity index (χ1n) is 8.49. The van der Waals surface area contributed by atoms with Crippen molar-refractivity contribution < 1.29 is 13.9 Å². The number of nitrogens with zero attached hydrogens (tertiary/aromatic N) is 2. The lowest BCUT2D eigenvalue weighted by Gasteiger charge is -2.22. The Morgan fingerprint density at radius 2 is 2.04 bits per heavy atom. The number of carbonyl (C=O) groups excluding carboxylic acids is 1. The third kappa shape index (κ3) is 3.50. The van der Waals surface area contributed by atoms with E-state index in [2.05, 4.69) is 5.10 Å². The van der Waals surface area contributed by atoms with Gasteiger partial charge in [0.2, 0.25) is 0 Å². The predicted octanol–water partition coefficient (Wildman–Crippen LogP) is 4.22. The molecule has 1 aliphatic rings. The number of hydrogen-bond acceptors (Lipinski definition) is 3. The summed E-state index contributed by atoms with van der Waals surface area (Å²) < 4.78 is 20.1. The van der Waals surface area contributed by atoms with Crippen LogP contribution < -0.4 is 0 Å². The molecule has 0 bridgehead atoms. The number of aryl methyl sites for hydroxylation is 1. The molecule has 1 aromatic carbocycles. The molecule has 128 valence electrons. The summed E-state index contributed by atoms with van der Waals surface area (Å²) in [5.41, 5.74) is 3.32. The zero-order chi connectivity index (χ0) is 17.1. The first kappa shape index (κ1) is 16.7. The zero-order valence-electron chi connectivity index (χ0n) is 14.2. The molecular weight excluding hydrogens is 307 g/mol. The van der Waals surface area contributed by atoms with Crippen LogP contribution in [-0.4, -0.2) is 22.9 Å². The number of rotatable bonds is 4. The minimum atomic E-state index is -0.308. The maximum absolute atomic E-state index is 13.5. The van der Waals surface area contributed by atoms with Crippen molar-refractivity contribution in [3.8, 4) is 11.3 Å². The number of esters is 1. The first-order chi connectivity index (χ1) is 11.6. The molecule has 24 heavy (non-hydrogen) atoms. The van der Waals surface area contributed by atoms with E-state index in [0.717, 1.165) is 29.8 Å². The predicted molar refractivity (Wildman–Crippen MR) is 90.2 cm³/mol. The van der Waals surface area contributed by atoms with Crippen molar-refractivity contribution in [1.82, 2.24) is 9.78 Å². The normalized spacial score (nSPS) is 15.5. The Hall–Kier alpha value is -2.17. The van der Waals surface area contributed by atoms with Gasteiger partial charge >= 0.3 is 5.97 Å². The molecule has 0 saturated heterocycles. The summed E-state index contributed by atoms with van der Waals surface area (Å²) in [5, 5.41) is 4.61. The molecule has 0 spiro atoms. The van der Waals surface area contributed by atoms with Crippen LogP contribution in [0.3, 0.4) is 0 Å². The van der Waals surface area contributed by atoms with Crippen LogP contribution in [0.5, 0.6) is 0 Å². The lowest BCUT2D eigenvalue weighted by Crippen LogP contribution is -2.18. The maximum Gasteiger partial charge on any atom is 0.327 e. The van der Waals surface area contributed by atoms with Gasteiger partial charge in [-0.25, -0.2) is 4.39 Å². The standard InChI is InChI=1S/C19H23FN2O2/c1-13-10-15(8-9-16(13)20)17-11-18(14-6-4-3-5-7-14)22(21-17)12-19(23)24-2/h8-11,14H,3-7,12H2,1-2H3. The maximum atomic E-state index is 13.5. The average Bonchev–Trinajstić information content (AvgIpc) is 3.01. The van der Waals surface area contributed by atoms with Crippen LogP contribution in [0.2, 0.25) is 0 Å². The van der Waals surface area contributed by atoms with E-state index in [1.807, 2.05) is 6.07 Å². The molecule has 1 aromatic heterocycles. The molecule has 3 rings (SSSR count). The molecular formula is C19H23FN2O2. The summed E-state index contributed by atoms with van der Waals surface area (Å²) >= 11 is 0. The molecule has 1 aliphatic carbocycles. The van der Waals surface area contributed by atoms with Crippen LogP contribution in [0, 0.1) is 12.7 Å². The lowest BCUT2D eigenvalue weighted by atomic mass is 9.86. The monoisotopic (exact) mass is 330 g/mol. The molecule has 2 aromatic rings. The molecule has 5 heteroatoms. The second-order valence-electron chi connectivity index (χ2n) is 6.49. The number of aromatic nitrogens is 2. The van der Waals surface area contributed by atoms with Gasteiger partial charge in [0.1, 0.15) is 12.4 Å². The van der Waals surface area contributed by atoms with E-state index in [0.29, 0.717) is 11.5 Å². The highest BCUT2D eigenvalue weighted by Gasteiger charge is 2.22. The van der Waals surface area contributed by atoms with Gasteiger partial charge in [0, 0.05) is 17.2 Å². The Balaban J connectivity index is 1.97. The highest BCUT2D eigenvalue weighted by molar-refractivity contribution is 5.69. The molecule has 0 atom stereocenters. The Labute approximate surface area is 141 Å². The van der Waals surface area contributed by atoms with Crippen LogP contribution in [0.1, 0.15) is 49.3 Å². The number of carbonyl (C=O) groups is 1. The van der Waals surface area contributed by atoms with Crippen molar-refractivity contribution in [3.63, 3.8) is 0 Å². The first-order valence-corrected chi connectivity index (χ1v) is 8.49. The third-order valence-electron chi connectivity index (χ3n) is 4.79. The fourth-order valence-electron chi connectivity index (χ4n) is 3.42. The Morgan fingerprint density at radius 3 is 2.71 bits per heavy atom. The third-order valence-corrected chi connectivity index (χ3v) is 4.79. The molecule has 1 heterocycles. The largest absolute Gasteiger partial charge is 0.468 e. The van der Waals surface area contributed by atoms with Crippen LogP contribution in [0.4, 0.5) is 4.39 Å². The number of ether oxygens (including phenoxy) is 1. The van der Waals surface area contributed by atoms with Crippen molar-refractivity contribution in [2.45, 2.75) is 51.5 Å². The van der Waals surface area contributed by atoms with Gasteiger partial charge in [-0.15, -0.1) is 0 Å². The van der Waals surface area contributed by atoms with Gasteiger partial charge in [0.05, 0.1) is 12.8 Å². The number of halogens is 1. The quantitative estimate of drug-likeness (QED) is 0.789. The van der Waals surface area contributed by atoms with E-state index in [1.165, 1.54) is 32.4 Å². The van der Waals surface area contributed by atoms with Gasteiger partial charge in [-0.2, -0.15) is 5.10 Å². The molecule has 1 saturated carbocycles. The highest BCUT2D eigenvalue weighted by atomic mass is 19.1. The van der Waals surface area contributed by atoms with Crippen LogP contribution in [0.15, 0.2) is 24.3 Å². The smallest absolute Gasteiger partial charge is 0.327 e. The molecule has 1 fully saturated rings. The minimum Gasteiger partial charge on any atom is -0.468 e. The summed E-state index contributed by atoms with van der Waals surface area (Å²) in [7, 11) is 1.39. The van der Waals surface area contributed by atoms with Crippen LogP contribution in [-0.2, 0) is 16.1 Å². The van der Waals surface area contributed by atoms with Gasteiger partial charge in [-0.3, -0.25) is 9.48 Å². The number of hydrogen-bond donors (Lipinski definition) is 0. The Morgan fingerprint density at radius 1 is 1.29 bits per heavy atom. The average molecular weight is 330 g/mol. The van der Waals surface area contributed by atoms with Crippen molar-refractivity contribution in [2.24, 2.45) is 0 Å². The molecule has 4 nitrogen and oxygen atoms in total. The van der Waals surface area contributed by atoms with Gasteiger partial charge in [-0.05, 0) is 49.6 Å². The molecule has 0 radical (unpaired) electrons. The molecule has 0 aliphatic heterocycles. The van der Waals surface area contributed by atoms with E-state index in [-0.39, 0.29) is 18.3 Å². The topological polar surface area (TPSA) is 44.1 Å². The van der Waals surface area contributed by atoms with Crippen LogP contribution in [0.25, 0.3) is 11.3 Å². The van der Waals surface area contributed by atoms with E-state index in [4.69, 9.17) is 4.74 Å². The molecule has 0 N–H and O–H groups in total. The fourth-order valence-corrected chi connectivity index (χ4v) is 3.42. The van der Waals surface area contributed by atoms with Crippen molar-refractivity contribution in [1.29, 1.82) is 0 Å². The number of methoxy groups -OCH3 is 1. The van der Waals surface area contributed by atoms with E-state index < -0.39 is 0 Å². The van der Waals surface area contributed by atoms with Crippen LogP contribution >= 0.6 is 0 Å². The van der Waals surface area contributed by atoms with E-state index in [1.54, 1.807) is 23.7 Å².